The summed E-state index contributed by atoms with van der Waals surface area (Å²) in [7, 11) is -5.25. The molecule has 5 amide bonds. The smallest absolute Gasteiger partial charge is 0.469 e. The van der Waals surface area contributed by atoms with Crippen molar-refractivity contribution < 1.29 is 57.9 Å². The van der Waals surface area contributed by atoms with Gasteiger partial charge >= 0.3 is 13.8 Å². The normalized spacial score (nSPS) is 22.5. The molecule has 20 nitrogen and oxygen atoms in total. The minimum atomic E-state index is -5.25. The second-order valence-electron chi connectivity index (χ2n) is 11.8. The molecule has 282 valence electrons. The zero-order valence-corrected chi connectivity index (χ0v) is 29.4. The van der Waals surface area contributed by atoms with E-state index in [-0.39, 0.29) is 24.5 Å². The first kappa shape index (κ1) is 40.0. The monoisotopic (exact) mass is 766 g/mol. The van der Waals surface area contributed by atoms with E-state index in [1.54, 1.807) is 6.20 Å². The van der Waals surface area contributed by atoms with Gasteiger partial charge in [-0.3, -0.25) is 28.5 Å². The molecule has 3 aromatic rings. The van der Waals surface area contributed by atoms with Gasteiger partial charge in [-0.2, -0.15) is 0 Å². The zero-order chi connectivity index (χ0) is 38.0. The van der Waals surface area contributed by atoms with Crippen LogP contribution in [0.4, 0.5) is 0 Å². The molecule has 5 atom stereocenters. The number of aromatic amines is 2. The van der Waals surface area contributed by atoms with Crippen molar-refractivity contribution in [3.05, 3.63) is 54.2 Å². The lowest BCUT2D eigenvalue weighted by Gasteiger charge is -2.29. The highest BCUT2D eigenvalue weighted by atomic mass is 32.2. The number of nitrogens with one attached hydrogen (secondary N) is 6. The van der Waals surface area contributed by atoms with Crippen LogP contribution in [0.3, 0.4) is 0 Å². The van der Waals surface area contributed by atoms with Gasteiger partial charge in [0.15, 0.2) is 0 Å². The van der Waals surface area contributed by atoms with Gasteiger partial charge in [0.05, 0.1) is 31.3 Å². The molecule has 1 saturated heterocycles. The number of H-pyrrole nitrogens is 2. The number of aromatic nitrogens is 3. The number of para-hydroxylation sites is 1. The molecule has 1 aromatic carbocycles. The minimum absolute atomic E-state index is 0.0526. The molecule has 0 unspecified atom stereocenters. The summed E-state index contributed by atoms with van der Waals surface area (Å²) in [6.45, 7) is -0.464. The maximum atomic E-state index is 13.5. The fraction of sp³-hybridized carbons (Fsp3) is 0.433. The highest BCUT2D eigenvalue weighted by molar-refractivity contribution is 8.00. The SMILES string of the molecule is C[C@@H](OP(=O)(O)O)[C@@H]1NC(=O)[C@H](CO)NC(=O)[C@H](Cc2cnc[nH]2)NC(=O)CN(CCc2c[nH]c3ccccc23)C(=O)CSC[C@@H](C(=O)O)NC1=O. The largest absolute Gasteiger partial charge is 0.480 e. The summed E-state index contributed by atoms with van der Waals surface area (Å²) < 4.78 is 16.2. The Labute approximate surface area is 300 Å². The standard InChI is InChI=1S/C30H39N8O12PS/c1-16(50-51(47,48)49)26-29(44)36-23(30(45)46)13-52-14-25(41)38(7-6-17-9-32-20-5-3-2-4-19(17)20)11-24(40)34-21(8-18-10-31-15-33-18)27(42)35-22(12-39)28(43)37-26/h2-5,9-10,15-16,21-23,26,32,39H,6-8,11-14H2,1H3,(H,31,33)(H,34,40)(H,35,42)(H,36,44)(H,37,43)(H,45,46)(H2,47,48,49)/t16-,21+,22+,23+,26+/m1/s1. The van der Waals surface area contributed by atoms with E-state index >= 15 is 0 Å². The van der Waals surface area contributed by atoms with E-state index in [9.17, 15) is 53.3 Å². The third kappa shape index (κ3) is 11.4. The summed E-state index contributed by atoms with van der Waals surface area (Å²) >= 11 is 0.826. The molecule has 0 radical (unpaired) electrons. The third-order valence-corrected chi connectivity index (χ3v) is 9.56. The van der Waals surface area contributed by atoms with Gasteiger partial charge in [0.25, 0.3) is 0 Å². The number of phosphoric acid groups is 1. The molecule has 0 bridgehead atoms. The number of aliphatic hydroxyl groups excluding tert-OH is 1. The van der Waals surface area contributed by atoms with Crippen molar-refractivity contribution in [2.45, 2.75) is 50.0 Å². The average Bonchev–Trinajstić information content (AvgIpc) is 3.75. The van der Waals surface area contributed by atoms with Crippen LogP contribution in [-0.2, 0) is 50.7 Å². The maximum absolute atomic E-state index is 13.5. The zero-order valence-electron chi connectivity index (χ0n) is 27.7. The first-order valence-electron chi connectivity index (χ1n) is 15.8. The molecule has 52 heavy (non-hydrogen) atoms. The average molecular weight is 767 g/mol. The van der Waals surface area contributed by atoms with E-state index in [2.05, 4.69) is 40.7 Å². The van der Waals surface area contributed by atoms with Crippen LogP contribution < -0.4 is 21.3 Å². The Kier molecular flexibility index (Phi) is 13.9. The second-order valence-corrected chi connectivity index (χ2v) is 14.0. The maximum Gasteiger partial charge on any atom is 0.469 e. The second kappa shape index (κ2) is 18.1. The Bertz CT molecular complexity index is 1800. The highest BCUT2D eigenvalue weighted by Gasteiger charge is 2.37. The van der Waals surface area contributed by atoms with Crippen LogP contribution >= 0.6 is 19.6 Å². The Balaban J connectivity index is 1.65. The fourth-order valence-corrected chi connectivity index (χ4v) is 6.80. The highest BCUT2D eigenvalue weighted by Crippen LogP contribution is 2.38. The molecule has 0 aliphatic carbocycles. The number of thioether (sulfide) groups is 1. The summed E-state index contributed by atoms with van der Waals surface area (Å²) in [5.41, 5.74) is 2.14. The number of carboxylic acids is 1. The lowest BCUT2D eigenvalue weighted by Crippen LogP contribution is -2.61. The fourth-order valence-electron chi connectivity index (χ4n) is 5.31. The first-order chi connectivity index (χ1) is 24.6. The minimum Gasteiger partial charge on any atom is -0.480 e. The van der Waals surface area contributed by atoms with E-state index in [1.165, 1.54) is 17.4 Å². The van der Waals surface area contributed by atoms with Crippen LogP contribution in [0.25, 0.3) is 10.9 Å². The van der Waals surface area contributed by atoms with E-state index < -0.39 is 86.8 Å². The quantitative estimate of drug-likeness (QED) is 0.0977. The number of aliphatic carboxylic acids is 1. The van der Waals surface area contributed by atoms with E-state index in [0.29, 0.717) is 12.1 Å². The molecule has 1 fully saturated rings. The van der Waals surface area contributed by atoms with Gasteiger partial charge in [-0.05, 0) is 25.0 Å². The number of imidazole rings is 1. The number of carbonyl (C=O) groups excluding carboxylic acids is 5. The molecule has 22 heteroatoms. The number of nitrogens with zero attached hydrogens (tertiary/aromatic N) is 2. The van der Waals surface area contributed by atoms with Gasteiger partial charge in [-0.1, -0.05) is 18.2 Å². The van der Waals surface area contributed by atoms with Crippen LogP contribution in [0.1, 0.15) is 18.2 Å². The Morgan fingerprint density at radius 1 is 1.04 bits per heavy atom. The van der Waals surface area contributed by atoms with Gasteiger partial charge in [0.2, 0.25) is 29.5 Å². The number of aliphatic hydroxyl groups is 1. The van der Waals surface area contributed by atoms with Crippen molar-refractivity contribution >= 4 is 66.0 Å². The molecular formula is C30H39N8O12PS. The lowest BCUT2D eigenvalue weighted by atomic mass is 10.1. The number of rotatable bonds is 10. The van der Waals surface area contributed by atoms with Crippen molar-refractivity contribution in [3.63, 3.8) is 0 Å². The first-order valence-corrected chi connectivity index (χ1v) is 18.5. The Hall–Kier alpha value is -4.79. The van der Waals surface area contributed by atoms with Crippen molar-refractivity contribution in [2.24, 2.45) is 0 Å². The number of hydrogen-bond donors (Lipinski definition) is 10. The summed E-state index contributed by atoms with van der Waals surface area (Å²) in [4.78, 5) is 109. The number of carboxylic acid groups (broad SMARTS) is 1. The summed E-state index contributed by atoms with van der Waals surface area (Å²) in [5, 5.41) is 29.9. The molecule has 1 aliphatic heterocycles. The number of fused-ring (bicyclic) bond motifs is 1. The summed E-state index contributed by atoms with van der Waals surface area (Å²) in [6, 6.07) is 0.735. The number of benzene rings is 1. The summed E-state index contributed by atoms with van der Waals surface area (Å²) in [6.07, 6.45) is 2.92. The van der Waals surface area contributed by atoms with Crippen LogP contribution in [0.2, 0.25) is 0 Å². The molecule has 0 spiro atoms. The molecule has 10 N–H and O–H groups in total. The number of amides is 5. The molecule has 3 heterocycles. The lowest BCUT2D eigenvalue weighted by molar-refractivity contribution is -0.142. The van der Waals surface area contributed by atoms with Gasteiger partial charge in [0, 0.05) is 47.7 Å². The van der Waals surface area contributed by atoms with Crippen LogP contribution in [0, 0.1) is 0 Å². The van der Waals surface area contributed by atoms with Crippen molar-refractivity contribution in [1.82, 2.24) is 41.1 Å². The van der Waals surface area contributed by atoms with Crippen molar-refractivity contribution in [2.75, 3.05) is 31.2 Å². The molecule has 0 saturated carbocycles. The van der Waals surface area contributed by atoms with Gasteiger partial charge in [-0.15, -0.1) is 11.8 Å². The topological polar surface area (TPSA) is 305 Å². The van der Waals surface area contributed by atoms with E-state index in [4.69, 9.17) is 0 Å². The molecule has 2 aromatic heterocycles. The third-order valence-electron chi connectivity index (χ3n) is 7.94. The van der Waals surface area contributed by atoms with Crippen molar-refractivity contribution in [1.29, 1.82) is 0 Å². The number of hydrogen-bond acceptors (Lipinski definition) is 11. The Morgan fingerprint density at radius 2 is 1.77 bits per heavy atom. The summed E-state index contributed by atoms with van der Waals surface area (Å²) in [5.74, 6) is -6.93. The molecule has 4 rings (SSSR count). The Morgan fingerprint density at radius 3 is 2.44 bits per heavy atom. The van der Waals surface area contributed by atoms with Crippen LogP contribution in [0.15, 0.2) is 43.0 Å². The number of phosphoric ester groups is 1. The van der Waals surface area contributed by atoms with Crippen LogP contribution in [-0.4, -0.2) is 137 Å². The van der Waals surface area contributed by atoms with E-state index in [1.807, 2.05) is 24.3 Å². The van der Waals surface area contributed by atoms with Crippen LogP contribution in [0.5, 0.6) is 0 Å². The number of carbonyl (C=O) groups is 6. The van der Waals surface area contributed by atoms with Gasteiger partial charge in [0.1, 0.15) is 24.2 Å². The van der Waals surface area contributed by atoms with Gasteiger partial charge in [-0.25, -0.2) is 14.3 Å². The predicted molar refractivity (Wildman–Crippen MR) is 183 cm³/mol. The van der Waals surface area contributed by atoms with Gasteiger partial charge < -0.3 is 56.1 Å². The van der Waals surface area contributed by atoms with Crippen molar-refractivity contribution in [3.8, 4) is 0 Å². The molecular weight excluding hydrogens is 727 g/mol. The predicted octanol–water partition coefficient (Wildman–Crippen LogP) is -2.23. The molecule has 1 aliphatic rings. The van der Waals surface area contributed by atoms with E-state index in [0.717, 1.165) is 35.2 Å².